The molecule has 0 bridgehead atoms. The Morgan fingerprint density at radius 3 is 2.35 bits per heavy atom. The van der Waals surface area contributed by atoms with Gasteiger partial charge in [-0.25, -0.2) is 0 Å². The summed E-state index contributed by atoms with van der Waals surface area (Å²) >= 11 is 0. The average Bonchev–Trinajstić information content (AvgIpc) is 2.42. The zero-order valence-electron chi connectivity index (χ0n) is 11.9. The van der Waals surface area contributed by atoms with Crippen LogP contribution in [0.1, 0.15) is 37.7 Å². The minimum atomic E-state index is -0.655. The van der Waals surface area contributed by atoms with Gasteiger partial charge in [0.15, 0.2) is 0 Å². The third-order valence-electron chi connectivity index (χ3n) is 2.92. The number of aliphatic hydroxyl groups is 1. The van der Waals surface area contributed by atoms with Gasteiger partial charge in [-0.05, 0) is 41.7 Å². The average molecular weight is 239 g/mol. The summed E-state index contributed by atoms with van der Waals surface area (Å²) < 4.78 is 2.03. The smallest absolute Gasteiger partial charge is 0.0718 e. The molecule has 0 atom stereocenters. The number of aryl methyl sites for hydroxylation is 2. The van der Waals surface area contributed by atoms with E-state index >= 15 is 0 Å². The van der Waals surface area contributed by atoms with E-state index in [1.807, 2.05) is 32.5 Å². The first kappa shape index (κ1) is 14.2. The fourth-order valence-electron chi connectivity index (χ4n) is 2.26. The van der Waals surface area contributed by atoms with E-state index in [-0.39, 0.29) is 0 Å². The van der Waals surface area contributed by atoms with E-state index in [2.05, 4.69) is 23.8 Å². The van der Waals surface area contributed by atoms with E-state index in [1.165, 1.54) is 11.3 Å². The standard InChI is InChI=1S/C13H25N3O/c1-7-16-11(3)12(10(2)14-16)8-15(6)9-13(4,5)17/h17H,7-9H2,1-6H3. The molecule has 1 rings (SSSR count). The van der Waals surface area contributed by atoms with Crippen LogP contribution in [0.15, 0.2) is 0 Å². The molecule has 0 aliphatic rings. The number of likely N-dealkylation sites (N-methyl/N-ethyl adjacent to an activating group) is 1. The number of aromatic nitrogens is 2. The number of hydrogen-bond acceptors (Lipinski definition) is 3. The summed E-state index contributed by atoms with van der Waals surface area (Å²) in [5.74, 6) is 0. The second kappa shape index (κ2) is 5.19. The highest BCUT2D eigenvalue weighted by Gasteiger charge is 2.18. The Bertz CT molecular complexity index is 377. The predicted octanol–water partition coefficient (Wildman–Crippen LogP) is 1.72. The summed E-state index contributed by atoms with van der Waals surface area (Å²) in [6.07, 6.45) is 0. The van der Waals surface area contributed by atoms with Crippen LogP contribution < -0.4 is 0 Å². The predicted molar refractivity (Wildman–Crippen MR) is 70.0 cm³/mol. The van der Waals surface area contributed by atoms with E-state index in [1.54, 1.807) is 0 Å². The molecule has 1 N–H and O–H groups in total. The molecule has 0 aliphatic heterocycles. The van der Waals surface area contributed by atoms with Gasteiger partial charge in [0.05, 0.1) is 11.3 Å². The minimum Gasteiger partial charge on any atom is -0.389 e. The quantitative estimate of drug-likeness (QED) is 0.850. The van der Waals surface area contributed by atoms with Gasteiger partial charge in [-0.1, -0.05) is 0 Å². The van der Waals surface area contributed by atoms with Crippen LogP contribution in [0.5, 0.6) is 0 Å². The molecule has 0 fully saturated rings. The van der Waals surface area contributed by atoms with Gasteiger partial charge < -0.3 is 5.11 Å². The third kappa shape index (κ3) is 3.82. The Balaban J connectivity index is 2.78. The SMILES string of the molecule is CCn1nc(C)c(CN(C)CC(C)(C)O)c1C. The van der Waals surface area contributed by atoms with Crippen LogP contribution in [-0.4, -0.2) is 39.0 Å². The molecule has 4 nitrogen and oxygen atoms in total. The summed E-state index contributed by atoms with van der Waals surface area (Å²) in [5.41, 5.74) is 2.94. The number of nitrogens with zero attached hydrogens (tertiary/aromatic N) is 3. The van der Waals surface area contributed by atoms with Gasteiger partial charge in [0.25, 0.3) is 0 Å². The van der Waals surface area contributed by atoms with Crippen molar-refractivity contribution in [2.24, 2.45) is 0 Å². The van der Waals surface area contributed by atoms with E-state index in [9.17, 15) is 5.11 Å². The summed E-state index contributed by atoms with van der Waals surface area (Å²) in [4.78, 5) is 2.14. The molecule has 0 aliphatic carbocycles. The maximum Gasteiger partial charge on any atom is 0.0718 e. The first-order valence-corrected chi connectivity index (χ1v) is 6.18. The number of rotatable bonds is 5. The van der Waals surface area contributed by atoms with Crippen LogP contribution in [0.2, 0.25) is 0 Å². The highest BCUT2D eigenvalue weighted by molar-refractivity contribution is 5.24. The van der Waals surface area contributed by atoms with Gasteiger partial charge in [-0.2, -0.15) is 5.10 Å². The van der Waals surface area contributed by atoms with Gasteiger partial charge in [0, 0.05) is 30.9 Å². The Hall–Kier alpha value is -0.870. The van der Waals surface area contributed by atoms with Crippen LogP contribution in [0, 0.1) is 13.8 Å². The van der Waals surface area contributed by atoms with Crippen LogP contribution in [0.3, 0.4) is 0 Å². The first-order chi connectivity index (χ1) is 7.74. The van der Waals surface area contributed by atoms with Crippen molar-refractivity contribution in [3.8, 4) is 0 Å². The van der Waals surface area contributed by atoms with Crippen LogP contribution in [-0.2, 0) is 13.1 Å². The van der Waals surface area contributed by atoms with Crippen LogP contribution in [0.25, 0.3) is 0 Å². The van der Waals surface area contributed by atoms with Crippen molar-refractivity contribution in [2.45, 2.75) is 53.3 Å². The monoisotopic (exact) mass is 239 g/mol. The van der Waals surface area contributed by atoms with Crippen molar-refractivity contribution < 1.29 is 5.11 Å². The van der Waals surface area contributed by atoms with Crippen molar-refractivity contribution in [1.29, 1.82) is 0 Å². The number of hydrogen-bond donors (Lipinski definition) is 1. The Morgan fingerprint density at radius 2 is 1.94 bits per heavy atom. The molecule has 4 heteroatoms. The molecule has 0 amide bonds. The lowest BCUT2D eigenvalue weighted by Crippen LogP contribution is -2.36. The first-order valence-electron chi connectivity index (χ1n) is 6.18. The molecule has 0 radical (unpaired) electrons. The lowest BCUT2D eigenvalue weighted by molar-refractivity contribution is 0.0423. The van der Waals surface area contributed by atoms with Gasteiger partial charge in [0.1, 0.15) is 0 Å². The molecular formula is C13H25N3O. The zero-order chi connectivity index (χ0) is 13.2. The maximum atomic E-state index is 9.79. The third-order valence-corrected chi connectivity index (χ3v) is 2.92. The minimum absolute atomic E-state index is 0.655. The van der Waals surface area contributed by atoms with E-state index < -0.39 is 5.60 Å². The molecule has 0 aromatic carbocycles. The second-order valence-corrected chi connectivity index (χ2v) is 5.45. The summed E-state index contributed by atoms with van der Waals surface area (Å²) in [5, 5.41) is 14.3. The summed E-state index contributed by atoms with van der Waals surface area (Å²) in [7, 11) is 2.03. The maximum absolute atomic E-state index is 9.79. The van der Waals surface area contributed by atoms with Crippen molar-refractivity contribution in [3.05, 3.63) is 17.0 Å². The van der Waals surface area contributed by atoms with Crippen molar-refractivity contribution in [2.75, 3.05) is 13.6 Å². The normalized spacial score (nSPS) is 12.5. The largest absolute Gasteiger partial charge is 0.389 e. The van der Waals surface area contributed by atoms with Crippen molar-refractivity contribution in [1.82, 2.24) is 14.7 Å². The van der Waals surface area contributed by atoms with Gasteiger partial charge in [0.2, 0.25) is 0 Å². The molecule has 1 aromatic rings. The van der Waals surface area contributed by atoms with Crippen LogP contribution >= 0.6 is 0 Å². The Kier molecular flexibility index (Phi) is 4.33. The van der Waals surface area contributed by atoms with Crippen LogP contribution in [0.4, 0.5) is 0 Å². The molecule has 0 saturated heterocycles. The topological polar surface area (TPSA) is 41.3 Å². The summed E-state index contributed by atoms with van der Waals surface area (Å²) in [6, 6.07) is 0. The van der Waals surface area contributed by atoms with Gasteiger partial charge >= 0.3 is 0 Å². The molecule has 0 spiro atoms. The van der Waals surface area contributed by atoms with E-state index in [0.29, 0.717) is 6.54 Å². The van der Waals surface area contributed by atoms with E-state index in [0.717, 1.165) is 18.8 Å². The second-order valence-electron chi connectivity index (χ2n) is 5.45. The fourth-order valence-corrected chi connectivity index (χ4v) is 2.26. The van der Waals surface area contributed by atoms with Crippen molar-refractivity contribution >= 4 is 0 Å². The Labute approximate surface area is 104 Å². The van der Waals surface area contributed by atoms with Crippen molar-refractivity contribution in [3.63, 3.8) is 0 Å². The van der Waals surface area contributed by atoms with Gasteiger partial charge in [-0.3, -0.25) is 9.58 Å². The highest BCUT2D eigenvalue weighted by Crippen LogP contribution is 2.16. The molecular weight excluding hydrogens is 214 g/mol. The summed E-state index contributed by atoms with van der Waals surface area (Å²) in [6.45, 7) is 12.3. The molecule has 98 valence electrons. The lowest BCUT2D eigenvalue weighted by Gasteiger charge is -2.25. The molecule has 1 aromatic heterocycles. The molecule has 1 heterocycles. The molecule has 0 unspecified atom stereocenters. The Morgan fingerprint density at radius 1 is 1.35 bits per heavy atom. The highest BCUT2D eigenvalue weighted by atomic mass is 16.3. The fraction of sp³-hybridized carbons (Fsp3) is 0.769. The van der Waals surface area contributed by atoms with Gasteiger partial charge in [-0.15, -0.1) is 0 Å². The molecule has 17 heavy (non-hydrogen) atoms. The zero-order valence-corrected chi connectivity index (χ0v) is 11.9. The lowest BCUT2D eigenvalue weighted by atomic mass is 10.1. The van der Waals surface area contributed by atoms with E-state index in [4.69, 9.17) is 0 Å². The molecule has 0 saturated carbocycles.